The van der Waals surface area contributed by atoms with Crippen LogP contribution in [0.3, 0.4) is 0 Å². The third-order valence-corrected chi connectivity index (χ3v) is 5.70. The molecule has 0 aliphatic carbocycles. The van der Waals surface area contributed by atoms with Crippen LogP contribution in [0.2, 0.25) is 10.0 Å². The van der Waals surface area contributed by atoms with Crippen molar-refractivity contribution in [3.63, 3.8) is 0 Å². The Labute approximate surface area is 186 Å². The van der Waals surface area contributed by atoms with E-state index in [-0.39, 0.29) is 25.1 Å². The normalized spacial score (nSPS) is 15.6. The lowest BCUT2D eigenvalue weighted by Crippen LogP contribution is -2.51. The van der Waals surface area contributed by atoms with Crippen molar-refractivity contribution in [2.24, 2.45) is 0 Å². The summed E-state index contributed by atoms with van der Waals surface area (Å²) in [6.45, 7) is 2.40. The molecule has 2 aromatic rings. The quantitative estimate of drug-likeness (QED) is 0.603. The minimum Gasteiger partial charge on any atom is -0.468 e. The fraction of sp³-hybridized carbons (Fsp3) is 0.364. The topological polar surface area (TPSA) is 59.1 Å². The van der Waals surface area contributed by atoms with Gasteiger partial charge in [0.1, 0.15) is 12.6 Å². The first kappa shape index (κ1) is 22.6. The molecule has 0 bridgehead atoms. The zero-order valence-electron chi connectivity index (χ0n) is 16.7. The third-order valence-electron chi connectivity index (χ3n) is 5.08. The number of amides is 1. The van der Waals surface area contributed by atoms with Crippen LogP contribution in [-0.2, 0) is 25.7 Å². The Morgan fingerprint density at radius 1 is 1.00 bits per heavy atom. The molecule has 160 valence electrons. The van der Waals surface area contributed by atoms with Gasteiger partial charge in [-0.05, 0) is 29.3 Å². The molecule has 8 heteroatoms. The molecular weight excluding hydrogens is 427 g/mol. The minimum atomic E-state index is -0.527. The Balaban J connectivity index is 1.53. The van der Waals surface area contributed by atoms with Crippen molar-refractivity contribution in [1.29, 1.82) is 0 Å². The molecule has 0 aromatic heterocycles. The summed E-state index contributed by atoms with van der Waals surface area (Å²) in [5.74, 6) is -0.414. The largest absolute Gasteiger partial charge is 0.468 e. The molecule has 0 spiro atoms. The van der Waals surface area contributed by atoms with Gasteiger partial charge in [0.25, 0.3) is 0 Å². The number of hydrogen-bond donors (Lipinski definition) is 0. The van der Waals surface area contributed by atoms with Crippen LogP contribution in [0.1, 0.15) is 17.2 Å². The van der Waals surface area contributed by atoms with Crippen LogP contribution in [0, 0.1) is 0 Å². The van der Waals surface area contributed by atoms with Crippen molar-refractivity contribution in [3.05, 3.63) is 69.7 Å². The van der Waals surface area contributed by atoms with E-state index in [2.05, 4.69) is 0 Å². The SMILES string of the molecule is COC(=O)C(c1ccc(Cl)cc1)N1CCN(C(=O)COCc2ccccc2Cl)CC1. The van der Waals surface area contributed by atoms with Crippen molar-refractivity contribution in [2.45, 2.75) is 12.6 Å². The van der Waals surface area contributed by atoms with Crippen molar-refractivity contribution >= 4 is 35.1 Å². The first-order valence-electron chi connectivity index (χ1n) is 9.66. The zero-order valence-corrected chi connectivity index (χ0v) is 18.2. The van der Waals surface area contributed by atoms with E-state index in [9.17, 15) is 9.59 Å². The number of carbonyl (C=O) groups is 2. The minimum absolute atomic E-state index is 0.0111. The summed E-state index contributed by atoms with van der Waals surface area (Å²) in [5, 5.41) is 1.23. The summed E-state index contributed by atoms with van der Waals surface area (Å²) in [7, 11) is 1.38. The van der Waals surface area contributed by atoms with Gasteiger partial charge >= 0.3 is 5.97 Å². The molecule has 1 unspecified atom stereocenters. The van der Waals surface area contributed by atoms with Crippen LogP contribution in [0.4, 0.5) is 0 Å². The van der Waals surface area contributed by atoms with E-state index in [1.165, 1.54) is 7.11 Å². The maximum absolute atomic E-state index is 12.5. The maximum atomic E-state index is 12.5. The number of benzene rings is 2. The number of esters is 1. The van der Waals surface area contributed by atoms with Gasteiger partial charge in [-0.3, -0.25) is 9.69 Å². The molecule has 1 atom stereocenters. The molecule has 6 nitrogen and oxygen atoms in total. The van der Waals surface area contributed by atoms with Crippen LogP contribution in [-0.4, -0.2) is 61.6 Å². The smallest absolute Gasteiger partial charge is 0.327 e. The Kier molecular flexibility index (Phi) is 8.10. The monoisotopic (exact) mass is 450 g/mol. The summed E-state index contributed by atoms with van der Waals surface area (Å²) in [6, 6.07) is 14.0. The first-order valence-corrected chi connectivity index (χ1v) is 10.4. The Morgan fingerprint density at radius 2 is 1.67 bits per heavy atom. The molecule has 2 aromatic carbocycles. The lowest BCUT2D eigenvalue weighted by Gasteiger charge is -2.38. The summed E-state index contributed by atoms with van der Waals surface area (Å²) in [4.78, 5) is 28.7. The van der Waals surface area contributed by atoms with Gasteiger partial charge in [-0.1, -0.05) is 53.5 Å². The van der Waals surface area contributed by atoms with E-state index in [0.29, 0.717) is 36.2 Å². The van der Waals surface area contributed by atoms with Gasteiger partial charge in [0.05, 0.1) is 13.7 Å². The van der Waals surface area contributed by atoms with E-state index in [4.69, 9.17) is 32.7 Å². The predicted octanol–water partition coefficient (Wildman–Crippen LogP) is 3.57. The van der Waals surface area contributed by atoms with Gasteiger partial charge in [0, 0.05) is 36.2 Å². The fourth-order valence-corrected chi connectivity index (χ4v) is 3.75. The number of rotatable bonds is 7. The highest BCUT2D eigenvalue weighted by molar-refractivity contribution is 6.31. The molecule has 1 amide bonds. The number of nitrogens with zero attached hydrogens (tertiary/aromatic N) is 2. The van der Waals surface area contributed by atoms with Gasteiger partial charge in [0.15, 0.2) is 0 Å². The number of methoxy groups -OCH3 is 1. The highest BCUT2D eigenvalue weighted by atomic mass is 35.5. The second kappa shape index (κ2) is 10.8. The Hall–Kier alpha value is -2.12. The molecule has 1 saturated heterocycles. The predicted molar refractivity (Wildman–Crippen MR) is 115 cm³/mol. The molecule has 3 rings (SSSR count). The van der Waals surface area contributed by atoms with Crippen molar-refractivity contribution in [1.82, 2.24) is 9.80 Å². The molecule has 0 N–H and O–H groups in total. The molecule has 1 aliphatic heterocycles. The third kappa shape index (κ3) is 5.73. The molecule has 1 fully saturated rings. The molecule has 30 heavy (non-hydrogen) atoms. The maximum Gasteiger partial charge on any atom is 0.327 e. The summed E-state index contributed by atoms with van der Waals surface area (Å²) < 4.78 is 10.6. The summed E-state index contributed by atoms with van der Waals surface area (Å²) in [6.07, 6.45) is 0. The van der Waals surface area contributed by atoms with Crippen LogP contribution in [0.15, 0.2) is 48.5 Å². The van der Waals surface area contributed by atoms with Crippen LogP contribution in [0.25, 0.3) is 0 Å². The first-order chi connectivity index (χ1) is 14.5. The second-order valence-corrected chi connectivity index (χ2v) is 7.82. The van der Waals surface area contributed by atoms with Crippen molar-refractivity contribution in [2.75, 3.05) is 39.9 Å². The van der Waals surface area contributed by atoms with Gasteiger partial charge in [-0.2, -0.15) is 0 Å². The van der Waals surface area contributed by atoms with Gasteiger partial charge in [0.2, 0.25) is 5.91 Å². The lowest BCUT2D eigenvalue weighted by atomic mass is 10.0. The van der Waals surface area contributed by atoms with E-state index < -0.39 is 6.04 Å². The summed E-state index contributed by atoms with van der Waals surface area (Å²) >= 11 is 12.1. The standard InChI is InChI=1S/C22H24Cl2N2O4/c1-29-22(28)21(16-6-8-18(23)9-7-16)26-12-10-25(11-13-26)20(27)15-30-14-17-4-2-3-5-19(17)24/h2-9,21H,10-15H2,1H3. The zero-order chi connectivity index (χ0) is 21.5. The molecule has 0 saturated carbocycles. The highest BCUT2D eigenvalue weighted by Gasteiger charge is 2.32. The van der Waals surface area contributed by atoms with E-state index in [1.54, 1.807) is 23.1 Å². The van der Waals surface area contributed by atoms with Crippen LogP contribution >= 0.6 is 23.2 Å². The number of ether oxygens (including phenoxy) is 2. The second-order valence-electron chi connectivity index (χ2n) is 6.98. The summed E-state index contributed by atoms with van der Waals surface area (Å²) in [5.41, 5.74) is 1.66. The number of carbonyl (C=O) groups excluding carboxylic acids is 2. The van der Waals surface area contributed by atoms with E-state index >= 15 is 0 Å². The fourth-order valence-electron chi connectivity index (χ4n) is 3.44. The van der Waals surface area contributed by atoms with Crippen LogP contribution in [0.5, 0.6) is 0 Å². The Morgan fingerprint density at radius 3 is 2.30 bits per heavy atom. The number of piperazine rings is 1. The van der Waals surface area contributed by atoms with E-state index in [0.717, 1.165) is 11.1 Å². The molecule has 1 heterocycles. The molecule has 1 aliphatic rings. The molecule has 0 radical (unpaired) electrons. The van der Waals surface area contributed by atoms with Crippen molar-refractivity contribution < 1.29 is 19.1 Å². The number of hydrogen-bond acceptors (Lipinski definition) is 5. The van der Waals surface area contributed by atoms with Gasteiger partial charge < -0.3 is 14.4 Å². The van der Waals surface area contributed by atoms with E-state index in [1.807, 2.05) is 35.2 Å². The lowest BCUT2D eigenvalue weighted by molar-refractivity contribution is -0.149. The molecular formula is C22H24Cl2N2O4. The average Bonchev–Trinajstić information content (AvgIpc) is 2.77. The average molecular weight is 451 g/mol. The Bertz CT molecular complexity index is 868. The number of halogens is 2. The van der Waals surface area contributed by atoms with Gasteiger partial charge in [-0.15, -0.1) is 0 Å². The highest BCUT2D eigenvalue weighted by Crippen LogP contribution is 2.25. The van der Waals surface area contributed by atoms with Crippen LogP contribution < -0.4 is 0 Å². The van der Waals surface area contributed by atoms with Crippen molar-refractivity contribution in [3.8, 4) is 0 Å². The van der Waals surface area contributed by atoms with Gasteiger partial charge in [-0.25, -0.2) is 4.79 Å².